The van der Waals surface area contributed by atoms with Crippen LogP contribution < -0.4 is 5.32 Å². The molecular formula is C26H24N2O4. The monoisotopic (exact) mass is 428 g/mol. The summed E-state index contributed by atoms with van der Waals surface area (Å²) in [6.07, 6.45) is 0.355. The summed E-state index contributed by atoms with van der Waals surface area (Å²) < 4.78 is 5.11. The molecule has 1 N–H and O–H groups in total. The second-order valence-electron chi connectivity index (χ2n) is 7.55. The van der Waals surface area contributed by atoms with E-state index in [2.05, 4.69) is 5.32 Å². The number of carbonyl (C=O) groups is 3. The first-order valence-electron chi connectivity index (χ1n) is 10.6. The predicted molar refractivity (Wildman–Crippen MR) is 121 cm³/mol. The van der Waals surface area contributed by atoms with Gasteiger partial charge in [-0.1, -0.05) is 60.7 Å². The minimum Gasteiger partial charge on any atom is -0.462 e. The number of ether oxygens (including phenoxy) is 1. The SMILES string of the molecule is CCOC(=O)c1ccccc1NC(=O)[C@H](Cc1ccccc1)N1Cc2ccccc2C1=O. The van der Waals surface area contributed by atoms with Crippen LogP contribution in [-0.4, -0.2) is 35.3 Å². The van der Waals surface area contributed by atoms with Crippen LogP contribution in [0.15, 0.2) is 78.9 Å². The molecule has 0 bridgehead atoms. The average molecular weight is 428 g/mol. The number of nitrogens with zero attached hydrogens (tertiary/aromatic N) is 1. The third-order valence-electron chi connectivity index (χ3n) is 5.48. The highest BCUT2D eigenvalue weighted by atomic mass is 16.5. The van der Waals surface area contributed by atoms with Crippen LogP contribution in [0.4, 0.5) is 5.69 Å². The molecule has 3 aromatic rings. The highest BCUT2D eigenvalue weighted by Crippen LogP contribution is 2.27. The molecule has 4 rings (SSSR count). The summed E-state index contributed by atoms with van der Waals surface area (Å²) in [5, 5.41) is 2.86. The molecule has 0 aromatic heterocycles. The maximum Gasteiger partial charge on any atom is 0.340 e. The van der Waals surface area contributed by atoms with Crippen molar-refractivity contribution in [3.05, 3.63) is 101 Å². The second kappa shape index (κ2) is 9.47. The van der Waals surface area contributed by atoms with E-state index < -0.39 is 12.0 Å². The van der Waals surface area contributed by atoms with Crippen LogP contribution >= 0.6 is 0 Å². The smallest absolute Gasteiger partial charge is 0.340 e. The van der Waals surface area contributed by atoms with Crippen LogP contribution in [0.2, 0.25) is 0 Å². The Kier molecular flexibility index (Phi) is 6.31. The van der Waals surface area contributed by atoms with Crippen LogP contribution in [0.1, 0.15) is 38.8 Å². The molecule has 6 nitrogen and oxygen atoms in total. The first-order chi connectivity index (χ1) is 15.6. The van der Waals surface area contributed by atoms with Gasteiger partial charge in [0.1, 0.15) is 6.04 Å². The molecule has 0 saturated carbocycles. The Morgan fingerprint density at radius 3 is 2.41 bits per heavy atom. The number of hydrogen-bond donors (Lipinski definition) is 1. The van der Waals surface area contributed by atoms with Crippen LogP contribution in [-0.2, 0) is 22.5 Å². The van der Waals surface area contributed by atoms with E-state index in [0.717, 1.165) is 11.1 Å². The van der Waals surface area contributed by atoms with Gasteiger partial charge in [0.15, 0.2) is 0 Å². The third-order valence-corrected chi connectivity index (χ3v) is 5.48. The zero-order valence-electron chi connectivity index (χ0n) is 17.8. The quantitative estimate of drug-likeness (QED) is 0.576. The fraction of sp³-hybridized carbons (Fsp3) is 0.192. The zero-order chi connectivity index (χ0) is 22.5. The molecule has 0 fully saturated rings. The van der Waals surface area contributed by atoms with Gasteiger partial charge in [0, 0.05) is 18.5 Å². The topological polar surface area (TPSA) is 75.7 Å². The summed E-state index contributed by atoms with van der Waals surface area (Å²) in [6.45, 7) is 2.32. The lowest BCUT2D eigenvalue weighted by Crippen LogP contribution is -2.45. The van der Waals surface area contributed by atoms with Crippen molar-refractivity contribution in [2.75, 3.05) is 11.9 Å². The predicted octanol–water partition coefficient (Wildman–Crippen LogP) is 4.07. The van der Waals surface area contributed by atoms with Crippen molar-refractivity contribution < 1.29 is 19.1 Å². The van der Waals surface area contributed by atoms with Gasteiger partial charge in [0.25, 0.3) is 5.91 Å². The maximum absolute atomic E-state index is 13.5. The van der Waals surface area contributed by atoms with Crippen LogP contribution in [0.5, 0.6) is 0 Å². The average Bonchev–Trinajstić information content (AvgIpc) is 3.15. The van der Waals surface area contributed by atoms with E-state index in [-0.39, 0.29) is 24.0 Å². The Hall–Kier alpha value is -3.93. The molecule has 0 radical (unpaired) electrons. The summed E-state index contributed by atoms with van der Waals surface area (Å²) in [6, 6.07) is 22.9. The number of para-hydroxylation sites is 1. The van der Waals surface area contributed by atoms with Gasteiger partial charge in [-0.05, 0) is 36.2 Å². The fourth-order valence-electron chi connectivity index (χ4n) is 3.91. The second-order valence-corrected chi connectivity index (χ2v) is 7.55. The summed E-state index contributed by atoms with van der Waals surface area (Å²) in [5.41, 5.74) is 3.09. The molecule has 2 amide bonds. The number of fused-ring (bicyclic) bond motifs is 1. The lowest BCUT2D eigenvalue weighted by molar-refractivity contribution is -0.120. The van der Waals surface area contributed by atoms with E-state index in [1.165, 1.54) is 0 Å². The lowest BCUT2D eigenvalue weighted by atomic mass is 10.0. The molecule has 3 aromatic carbocycles. The van der Waals surface area contributed by atoms with E-state index in [4.69, 9.17) is 4.74 Å². The van der Waals surface area contributed by atoms with Crippen molar-refractivity contribution in [1.29, 1.82) is 0 Å². The van der Waals surface area contributed by atoms with Crippen molar-refractivity contribution in [3.63, 3.8) is 0 Å². The number of rotatable bonds is 7. The fourth-order valence-corrected chi connectivity index (χ4v) is 3.91. The third kappa shape index (κ3) is 4.39. The van der Waals surface area contributed by atoms with Gasteiger partial charge in [0.2, 0.25) is 5.91 Å². The Balaban J connectivity index is 1.63. The Morgan fingerprint density at radius 1 is 0.969 bits per heavy atom. The standard InChI is InChI=1S/C26H24N2O4/c1-2-32-26(31)21-14-8-9-15-22(21)27-24(29)23(16-18-10-4-3-5-11-18)28-17-19-12-6-7-13-20(19)25(28)30/h3-15,23H,2,16-17H2,1H3,(H,27,29)/t23-/m0/s1. The maximum atomic E-state index is 13.5. The Bertz CT molecular complexity index is 1140. The summed E-state index contributed by atoms with van der Waals surface area (Å²) in [4.78, 5) is 40.5. The van der Waals surface area contributed by atoms with Crippen molar-refractivity contribution >= 4 is 23.5 Å². The van der Waals surface area contributed by atoms with E-state index in [9.17, 15) is 14.4 Å². The van der Waals surface area contributed by atoms with Gasteiger partial charge >= 0.3 is 5.97 Å². The largest absolute Gasteiger partial charge is 0.462 e. The highest BCUT2D eigenvalue weighted by molar-refractivity contribution is 6.06. The van der Waals surface area contributed by atoms with Crippen molar-refractivity contribution in [1.82, 2.24) is 4.90 Å². The molecule has 32 heavy (non-hydrogen) atoms. The molecule has 0 unspecified atom stereocenters. The van der Waals surface area contributed by atoms with Gasteiger partial charge in [-0.3, -0.25) is 9.59 Å². The molecule has 1 atom stereocenters. The van der Waals surface area contributed by atoms with E-state index >= 15 is 0 Å². The lowest BCUT2D eigenvalue weighted by Gasteiger charge is -2.27. The Morgan fingerprint density at radius 2 is 1.66 bits per heavy atom. The van der Waals surface area contributed by atoms with E-state index in [0.29, 0.717) is 24.2 Å². The van der Waals surface area contributed by atoms with E-state index in [1.54, 1.807) is 42.2 Å². The molecule has 1 heterocycles. The number of nitrogens with one attached hydrogen (secondary N) is 1. The highest BCUT2D eigenvalue weighted by Gasteiger charge is 2.36. The molecular weight excluding hydrogens is 404 g/mol. The van der Waals surface area contributed by atoms with Gasteiger partial charge in [0.05, 0.1) is 17.9 Å². The minimum absolute atomic E-state index is 0.171. The molecule has 1 aliphatic rings. The summed E-state index contributed by atoms with van der Waals surface area (Å²) in [7, 11) is 0. The van der Waals surface area contributed by atoms with Crippen LogP contribution in [0.25, 0.3) is 0 Å². The zero-order valence-corrected chi connectivity index (χ0v) is 17.8. The van der Waals surface area contributed by atoms with Gasteiger partial charge < -0.3 is 15.0 Å². The molecule has 0 spiro atoms. The normalized spacial score (nSPS) is 13.4. The van der Waals surface area contributed by atoms with Gasteiger partial charge in [-0.25, -0.2) is 4.79 Å². The minimum atomic E-state index is -0.743. The number of benzene rings is 3. The molecule has 0 saturated heterocycles. The number of amides is 2. The molecule has 1 aliphatic heterocycles. The first-order valence-corrected chi connectivity index (χ1v) is 10.6. The molecule has 162 valence electrons. The number of anilines is 1. The van der Waals surface area contributed by atoms with Crippen molar-refractivity contribution in [2.24, 2.45) is 0 Å². The summed E-state index contributed by atoms with van der Waals surface area (Å²) >= 11 is 0. The van der Waals surface area contributed by atoms with Crippen LogP contribution in [0, 0.1) is 0 Å². The first kappa shape index (κ1) is 21.3. The number of carbonyl (C=O) groups excluding carboxylic acids is 3. The van der Waals surface area contributed by atoms with Gasteiger partial charge in [-0.15, -0.1) is 0 Å². The number of esters is 1. The van der Waals surface area contributed by atoms with Crippen molar-refractivity contribution in [3.8, 4) is 0 Å². The number of hydrogen-bond acceptors (Lipinski definition) is 4. The van der Waals surface area contributed by atoms with Gasteiger partial charge in [-0.2, -0.15) is 0 Å². The van der Waals surface area contributed by atoms with Crippen LogP contribution in [0.3, 0.4) is 0 Å². The van der Waals surface area contributed by atoms with Crippen molar-refractivity contribution in [2.45, 2.75) is 25.9 Å². The molecule has 0 aliphatic carbocycles. The van der Waals surface area contributed by atoms with E-state index in [1.807, 2.05) is 48.5 Å². The Labute approximate surface area is 186 Å². The molecule has 6 heteroatoms. The summed E-state index contributed by atoms with van der Waals surface area (Å²) in [5.74, 6) is -1.03.